The van der Waals surface area contributed by atoms with Crippen LogP contribution in [0.25, 0.3) is 0 Å². The van der Waals surface area contributed by atoms with Crippen molar-refractivity contribution in [1.82, 2.24) is 4.90 Å². The van der Waals surface area contributed by atoms with Gasteiger partial charge < -0.3 is 9.74 Å². The van der Waals surface area contributed by atoms with Crippen LogP contribution in [0.3, 0.4) is 0 Å². The quantitative estimate of drug-likeness (QED) is 0.606. The zero-order chi connectivity index (χ0) is 16.1. The second kappa shape index (κ2) is 7.95. The minimum absolute atomic E-state index is 0.326. The molecule has 120 valence electrons. The van der Waals surface area contributed by atoms with E-state index in [2.05, 4.69) is 10.1 Å². The maximum Gasteiger partial charge on any atom is 0.365 e. The summed E-state index contributed by atoms with van der Waals surface area (Å²) in [6, 6.07) is 4.64. The number of rotatable bonds is 4. The second-order valence-electron chi connectivity index (χ2n) is 5.80. The summed E-state index contributed by atoms with van der Waals surface area (Å²) in [4.78, 5) is 19.3. The van der Waals surface area contributed by atoms with Gasteiger partial charge in [-0.2, -0.15) is 0 Å². The van der Waals surface area contributed by atoms with Crippen molar-refractivity contribution in [3.8, 4) is 0 Å². The summed E-state index contributed by atoms with van der Waals surface area (Å²) in [6.45, 7) is 0.920. The van der Waals surface area contributed by atoms with Crippen molar-refractivity contribution >= 4 is 34.9 Å². The maximum atomic E-state index is 12.0. The zero-order valence-corrected chi connectivity index (χ0v) is 14.3. The molecule has 0 unspecified atom stereocenters. The van der Waals surface area contributed by atoms with E-state index in [1.165, 1.54) is 12.5 Å². The monoisotopic (exact) mass is 342 g/mol. The van der Waals surface area contributed by atoms with Crippen LogP contribution >= 0.6 is 23.2 Å². The van der Waals surface area contributed by atoms with E-state index in [0.29, 0.717) is 21.5 Å². The van der Waals surface area contributed by atoms with Crippen LogP contribution in [0.5, 0.6) is 0 Å². The number of halogens is 2. The standard InChI is InChI=1S/C16H20Cl2N2O2/c1-20(2)10-12-5-3-4-6-15(12)19-22-16(21)11-7-8-13(17)14(18)9-11/h7-9,12H,3-6,10H2,1-2H3/b19-15-/t12-/m1/s1. The third kappa shape index (κ3) is 4.70. The topological polar surface area (TPSA) is 41.9 Å². The molecule has 0 aromatic heterocycles. The SMILES string of the molecule is CN(C)C[C@H]1CCCC/C1=N/OC(=O)c1ccc(Cl)c(Cl)c1. The zero-order valence-electron chi connectivity index (χ0n) is 12.8. The van der Waals surface area contributed by atoms with Crippen molar-refractivity contribution < 1.29 is 9.63 Å². The van der Waals surface area contributed by atoms with E-state index in [-0.39, 0.29) is 0 Å². The Kier molecular flexibility index (Phi) is 6.24. The van der Waals surface area contributed by atoms with E-state index in [1.807, 2.05) is 14.1 Å². The van der Waals surface area contributed by atoms with E-state index in [1.54, 1.807) is 12.1 Å². The van der Waals surface area contributed by atoms with Gasteiger partial charge in [0.15, 0.2) is 0 Å². The Morgan fingerprint density at radius 2 is 2.09 bits per heavy atom. The molecular formula is C16H20Cl2N2O2. The first-order valence-corrected chi connectivity index (χ1v) is 8.11. The molecule has 1 saturated carbocycles. The molecule has 1 aliphatic carbocycles. The molecule has 0 N–H and O–H groups in total. The van der Waals surface area contributed by atoms with Gasteiger partial charge in [-0.1, -0.05) is 34.8 Å². The van der Waals surface area contributed by atoms with Gasteiger partial charge in [0.25, 0.3) is 0 Å². The molecule has 0 amide bonds. The first-order valence-electron chi connectivity index (χ1n) is 7.35. The fourth-order valence-corrected chi connectivity index (χ4v) is 2.90. The van der Waals surface area contributed by atoms with Crippen molar-refractivity contribution in [2.75, 3.05) is 20.6 Å². The van der Waals surface area contributed by atoms with Gasteiger partial charge in [0.2, 0.25) is 0 Å². The Balaban J connectivity index is 2.04. The lowest BCUT2D eigenvalue weighted by Crippen LogP contribution is -2.30. The fourth-order valence-electron chi connectivity index (χ4n) is 2.60. The Morgan fingerprint density at radius 3 is 2.77 bits per heavy atom. The lowest BCUT2D eigenvalue weighted by Gasteiger charge is -2.25. The van der Waals surface area contributed by atoms with Gasteiger partial charge in [0, 0.05) is 12.5 Å². The van der Waals surface area contributed by atoms with Crippen LogP contribution in [0.2, 0.25) is 10.0 Å². The molecule has 0 heterocycles. The summed E-state index contributed by atoms with van der Waals surface area (Å²) < 4.78 is 0. The molecule has 0 bridgehead atoms. The highest BCUT2D eigenvalue weighted by atomic mass is 35.5. The molecule has 1 atom stereocenters. The summed E-state index contributed by atoms with van der Waals surface area (Å²) in [5.74, 6) is -0.161. The average Bonchev–Trinajstić information content (AvgIpc) is 2.48. The van der Waals surface area contributed by atoms with Crippen molar-refractivity contribution in [2.45, 2.75) is 25.7 Å². The van der Waals surface area contributed by atoms with Gasteiger partial charge in [-0.15, -0.1) is 0 Å². The van der Waals surface area contributed by atoms with Crippen molar-refractivity contribution in [1.29, 1.82) is 0 Å². The Labute approximate surface area is 141 Å². The van der Waals surface area contributed by atoms with Gasteiger partial charge in [-0.25, -0.2) is 4.79 Å². The van der Waals surface area contributed by atoms with Crippen LogP contribution in [-0.4, -0.2) is 37.2 Å². The van der Waals surface area contributed by atoms with E-state index in [4.69, 9.17) is 28.0 Å². The maximum absolute atomic E-state index is 12.0. The van der Waals surface area contributed by atoms with E-state index in [9.17, 15) is 4.79 Å². The summed E-state index contributed by atoms with van der Waals surface area (Å²) in [5, 5.41) is 4.84. The predicted molar refractivity (Wildman–Crippen MR) is 89.8 cm³/mol. The summed E-state index contributed by atoms with van der Waals surface area (Å²) in [7, 11) is 4.07. The molecule has 22 heavy (non-hydrogen) atoms. The number of oxime groups is 1. The Morgan fingerprint density at radius 1 is 1.32 bits per heavy atom. The molecule has 2 rings (SSSR count). The minimum Gasteiger partial charge on any atom is -0.313 e. The highest BCUT2D eigenvalue weighted by molar-refractivity contribution is 6.42. The van der Waals surface area contributed by atoms with Crippen molar-refractivity contribution in [3.05, 3.63) is 33.8 Å². The smallest absolute Gasteiger partial charge is 0.313 e. The molecule has 6 heteroatoms. The van der Waals surface area contributed by atoms with Crippen LogP contribution in [0.1, 0.15) is 36.0 Å². The van der Waals surface area contributed by atoms with Crippen LogP contribution in [0.15, 0.2) is 23.4 Å². The molecule has 1 aliphatic rings. The van der Waals surface area contributed by atoms with E-state index < -0.39 is 5.97 Å². The summed E-state index contributed by atoms with van der Waals surface area (Å²) >= 11 is 11.7. The summed E-state index contributed by atoms with van der Waals surface area (Å²) in [6.07, 6.45) is 4.25. The van der Waals surface area contributed by atoms with Gasteiger partial charge in [-0.3, -0.25) is 0 Å². The lowest BCUT2D eigenvalue weighted by atomic mass is 9.87. The second-order valence-corrected chi connectivity index (χ2v) is 6.61. The lowest BCUT2D eigenvalue weighted by molar-refractivity contribution is 0.0511. The van der Waals surface area contributed by atoms with Crippen molar-refractivity contribution in [3.63, 3.8) is 0 Å². The summed E-state index contributed by atoms with van der Waals surface area (Å²) in [5.41, 5.74) is 1.31. The van der Waals surface area contributed by atoms with Gasteiger partial charge in [-0.05, 0) is 51.6 Å². The molecule has 1 fully saturated rings. The molecule has 0 spiro atoms. The van der Waals surface area contributed by atoms with Crippen LogP contribution in [0, 0.1) is 5.92 Å². The Hall–Kier alpha value is -1.10. The van der Waals surface area contributed by atoms with Crippen LogP contribution in [0.4, 0.5) is 0 Å². The number of hydrogen-bond donors (Lipinski definition) is 0. The molecule has 0 radical (unpaired) electrons. The number of nitrogens with zero attached hydrogens (tertiary/aromatic N) is 2. The minimum atomic E-state index is -0.514. The molecular weight excluding hydrogens is 323 g/mol. The highest BCUT2D eigenvalue weighted by Crippen LogP contribution is 2.24. The van der Waals surface area contributed by atoms with Gasteiger partial charge >= 0.3 is 5.97 Å². The Bertz CT molecular complexity index is 573. The number of benzene rings is 1. The predicted octanol–water partition coefficient (Wildman–Crippen LogP) is 4.26. The van der Waals surface area contributed by atoms with Gasteiger partial charge in [0.05, 0.1) is 21.3 Å². The largest absolute Gasteiger partial charge is 0.365 e. The van der Waals surface area contributed by atoms with Crippen LogP contribution in [-0.2, 0) is 4.84 Å². The fraction of sp³-hybridized carbons (Fsp3) is 0.500. The van der Waals surface area contributed by atoms with Crippen LogP contribution < -0.4 is 0 Å². The van der Waals surface area contributed by atoms with E-state index in [0.717, 1.165) is 31.5 Å². The first-order chi connectivity index (χ1) is 10.5. The number of carbonyl (C=O) groups is 1. The molecule has 4 nitrogen and oxygen atoms in total. The normalized spacial score (nSPS) is 20.4. The first kappa shape index (κ1) is 17.3. The van der Waals surface area contributed by atoms with Crippen molar-refractivity contribution in [2.24, 2.45) is 11.1 Å². The number of carbonyl (C=O) groups excluding carboxylic acids is 1. The third-order valence-corrected chi connectivity index (χ3v) is 4.43. The van der Waals surface area contributed by atoms with E-state index >= 15 is 0 Å². The third-order valence-electron chi connectivity index (χ3n) is 3.69. The molecule has 0 aliphatic heterocycles. The molecule has 0 saturated heterocycles. The van der Waals surface area contributed by atoms with Gasteiger partial charge in [0.1, 0.15) is 0 Å². The highest BCUT2D eigenvalue weighted by Gasteiger charge is 2.22. The average molecular weight is 343 g/mol. The molecule has 1 aromatic rings. The number of hydrogen-bond acceptors (Lipinski definition) is 4. The molecule has 1 aromatic carbocycles.